The number of piperidine rings is 1. The quantitative estimate of drug-likeness (QED) is 0.894. The van der Waals surface area contributed by atoms with Crippen LogP contribution in [0.15, 0.2) is 48.5 Å². The van der Waals surface area contributed by atoms with Crippen molar-refractivity contribution in [2.24, 2.45) is 0 Å². The van der Waals surface area contributed by atoms with Crippen molar-refractivity contribution in [2.45, 2.75) is 18.3 Å². The Morgan fingerprint density at radius 2 is 1.67 bits per heavy atom. The number of nitrogens with one attached hydrogen (secondary N) is 1. The fraction of sp³-hybridized carbons (Fsp3) is 0.333. The molecule has 6 nitrogen and oxygen atoms in total. The third-order valence-electron chi connectivity index (χ3n) is 5.05. The molecule has 1 aliphatic heterocycles. The summed E-state index contributed by atoms with van der Waals surface area (Å²) in [6.07, 6.45) is 1.23. The number of rotatable bonds is 4. The van der Waals surface area contributed by atoms with E-state index < -0.39 is 5.41 Å². The molecular formula is C21H23N3O3. The number of benzene rings is 2. The maximum atomic E-state index is 12.7. The molecule has 1 N–H and O–H groups in total. The zero-order valence-electron chi connectivity index (χ0n) is 15.6. The van der Waals surface area contributed by atoms with Crippen LogP contribution in [-0.4, -0.2) is 38.2 Å². The van der Waals surface area contributed by atoms with Gasteiger partial charge in [0.1, 0.15) is 11.5 Å². The summed E-state index contributed by atoms with van der Waals surface area (Å²) in [5.74, 6) is 1.21. The van der Waals surface area contributed by atoms with Crippen molar-refractivity contribution in [3.05, 3.63) is 54.1 Å². The monoisotopic (exact) mass is 365 g/mol. The van der Waals surface area contributed by atoms with Crippen molar-refractivity contribution >= 4 is 11.7 Å². The fourth-order valence-electron chi connectivity index (χ4n) is 3.40. The summed E-state index contributed by atoms with van der Waals surface area (Å²) in [4.78, 5) is 14.4. The van der Waals surface area contributed by atoms with Crippen LogP contribution in [0.3, 0.4) is 0 Å². The molecule has 2 amide bonds. The highest BCUT2D eigenvalue weighted by Gasteiger charge is 2.37. The van der Waals surface area contributed by atoms with Gasteiger partial charge in [-0.15, -0.1) is 0 Å². The number of carbonyl (C=O) groups is 1. The Labute approximate surface area is 159 Å². The maximum absolute atomic E-state index is 12.7. The minimum absolute atomic E-state index is 0.190. The molecular weight excluding hydrogens is 342 g/mol. The Kier molecular flexibility index (Phi) is 5.51. The number of nitrogens with zero attached hydrogens (tertiary/aromatic N) is 2. The van der Waals surface area contributed by atoms with Gasteiger partial charge in [-0.3, -0.25) is 0 Å². The fourth-order valence-corrected chi connectivity index (χ4v) is 3.40. The topological polar surface area (TPSA) is 74.6 Å². The van der Waals surface area contributed by atoms with E-state index in [2.05, 4.69) is 11.4 Å². The van der Waals surface area contributed by atoms with E-state index in [0.717, 1.165) is 5.56 Å². The molecule has 0 atom stereocenters. The average molecular weight is 365 g/mol. The number of urea groups is 1. The average Bonchev–Trinajstić information content (AvgIpc) is 2.74. The molecule has 1 fully saturated rings. The van der Waals surface area contributed by atoms with Gasteiger partial charge in [-0.05, 0) is 18.4 Å². The minimum Gasteiger partial charge on any atom is -0.497 e. The van der Waals surface area contributed by atoms with Crippen molar-refractivity contribution in [3.8, 4) is 17.6 Å². The molecule has 0 radical (unpaired) electrons. The number of amides is 2. The molecule has 27 heavy (non-hydrogen) atoms. The first-order chi connectivity index (χ1) is 13.1. The summed E-state index contributed by atoms with van der Waals surface area (Å²) in [7, 11) is 3.13. The summed E-state index contributed by atoms with van der Waals surface area (Å²) in [6.45, 7) is 1.05. The van der Waals surface area contributed by atoms with Crippen LogP contribution in [0.4, 0.5) is 10.5 Å². The molecule has 6 heteroatoms. The molecule has 0 bridgehead atoms. The maximum Gasteiger partial charge on any atom is 0.321 e. The van der Waals surface area contributed by atoms with E-state index in [1.807, 2.05) is 30.3 Å². The first-order valence-corrected chi connectivity index (χ1v) is 8.86. The minimum atomic E-state index is -0.531. The van der Waals surface area contributed by atoms with Crippen molar-refractivity contribution in [1.82, 2.24) is 4.90 Å². The van der Waals surface area contributed by atoms with Gasteiger partial charge in [-0.25, -0.2) is 4.79 Å². The Morgan fingerprint density at radius 3 is 2.19 bits per heavy atom. The van der Waals surface area contributed by atoms with E-state index >= 15 is 0 Å². The normalized spacial score (nSPS) is 15.5. The van der Waals surface area contributed by atoms with E-state index in [1.165, 1.54) is 0 Å². The second kappa shape index (κ2) is 8.00. The van der Waals surface area contributed by atoms with Gasteiger partial charge in [0, 0.05) is 37.0 Å². The molecule has 0 saturated carbocycles. The van der Waals surface area contributed by atoms with E-state index in [9.17, 15) is 10.1 Å². The molecule has 3 rings (SSSR count). The smallest absolute Gasteiger partial charge is 0.321 e. The summed E-state index contributed by atoms with van der Waals surface area (Å²) >= 11 is 0. The summed E-state index contributed by atoms with van der Waals surface area (Å²) in [5, 5.41) is 12.7. The summed E-state index contributed by atoms with van der Waals surface area (Å²) < 4.78 is 10.5. The molecule has 0 spiro atoms. The van der Waals surface area contributed by atoms with E-state index in [-0.39, 0.29) is 6.03 Å². The summed E-state index contributed by atoms with van der Waals surface area (Å²) in [5.41, 5.74) is 1.10. The molecule has 140 valence electrons. The first-order valence-electron chi connectivity index (χ1n) is 8.86. The van der Waals surface area contributed by atoms with E-state index in [0.29, 0.717) is 43.1 Å². The highest BCUT2D eigenvalue weighted by atomic mass is 16.5. The van der Waals surface area contributed by atoms with E-state index in [1.54, 1.807) is 37.3 Å². The number of methoxy groups -OCH3 is 2. The number of hydrogen-bond donors (Lipinski definition) is 1. The summed E-state index contributed by atoms with van der Waals surface area (Å²) in [6, 6.07) is 17.3. The van der Waals surface area contributed by atoms with Gasteiger partial charge in [0.25, 0.3) is 0 Å². The Morgan fingerprint density at radius 1 is 1.07 bits per heavy atom. The zero-order valence-corrected chi connectivity index (χ0v) is 15.6. The van der Waals surface area contributed by atoms with Crippen LogP contribution in [0, 0.1) is 11.3 Å². The van der Waals surface area contributed by atoms with Gasteiger partial charge in [-0.2, -0.15) is 5.26 Å². The van der Waals surface area contributed by atoms with Gasteiger partial charge in [-0.1, -0.05) is 30.3 Å². The Bertz CT molecular complexity index is 815. The Hall–Kier alpha value is -3.20. The Balaban J connectivity index is 1.68. The molecule has 1 saturated heterocycles. The lowest BCUT2D eigenvalue weighted by Gasteiger charge is -2.37. The lowest BCUT2D eigenvalue weighted by atomic mass is 9.74. The first kappa shape index (κ1) is 18.6. The zero-order chi connectivity index (χ0) is 19.3. The predicted octanol–water partition coefficient (Wildman–Crippen LogP) is 3.79. The molecule has 2 aromatic rings. The highest BCUT2D eigenvalue weighted by Crippen LogP contribution is 2.35. The largest absolute Gasteiger partial charge is 0.497 e. The van der Waals surface area contributed by atoms with Crippen molar-refractivity contribution in [3.63, 3.8) is 0 Å². The number of nitriles is 1. The van der Waals surface area contributed by atoms with Crippen molar-refractivity contribution in [1.29, 1.82) is 5.26 Å². The standard InChI is InChI=1S/C21H23N3O3/c1-26-18-12-17(13-19(14-18)27-2)23-20(25)24-10-8-21(15-22,9-11-24)16-6-4-3-5-7-16/h3-7,12-14H,8-11H2,1-2H3,(H,23,25). The predicted molar refractivity (Wildman–Crippen MR) is 103 cm³/mol. The second-order valence-corrected chi connectivity index (χ2v) is 6.58. The highest BCUT2D eigenvalue weighted by molar-refractivity contribution is 5.90. The van der Waals surface area contributed by atoms with Gasteiger partial charge in [0.05, 0.1) is 25.7 Å². The number of carbonyl (C=O) groups excluding carboxylic acids is 1. The van der Waals surface area contributed by atoms with Gasteiger partial charge >= 0.3 is 6.03 Å². The lowest BCUT2D eigenvalue weighted by molar-refractivity contribution is 0.183. The molecule has 1 aliphatic rings. The van der Waals surface area contributed by atoms with E-state index in [4.69, 9.17) is 9.47 Å². The molecule has 0 aromatic heterocycles. The van der Waals surface area contributed by atoms with Crippen LogP contribution in [0.2, 0.25) is 0 Å². The molecule has 0 unspecified atom stereocenters. The van der Waals surface area contributed by atoms with Crippen LogP contribution < -0.4 is 14.8 Å². The van der Waals surface area contributed by atoms with Crippen LogP contribution >= 0.6 is 0 Å². The van der Waals surface area contributed by atoms with Crippen LogP contribution in [0.1, 0.15) is 18.4 Å². The SMILES string of the molecule is COc1cc(NC(=O)N2CCC(C#N)(c3ccccc3)CC2)cc(OC)c1. The van der Waals surface area contributed by atoms with Crippen LogP contribution in [0.5, 0.6) is 11.5 Å². The van der Waals surface area contributed by atoms with Crippen LogP contribution in [-0.2, 0) is 5.41 Å². The second-order valence-electron chi connectivity index (χ2n) is 6.58. The molecule has 1 heterocycles. The lowest BCUT2D eigenvalue weighted by Crippen LogP contribution is -2.46. The number of likely N-dealkylation sites (tertiary alicyclic amines) is 1. The van der Waals surface area contributed by atoms with Gasteiger partial charge < -0.3 is 19.7 Å². The number of anilines is 1. The van der Waals surface area contributed by atoms with Crippen molar-refractivity contribution in [2.75, 3.05) is 32.6 Å². The third-order valence-corrected chi connectivity index (χ3v) is 5.05. The number of hydrogen-bond acceptors (Lipinski definition) is 4. The van der Waals surface area contributed by atoms with Gasteiger partial charge in [0.15, 0.2) is 0 Å². The van der Waals surface area contributed by atoms with Crippen LogP contribution in [0.25, 0.3) is 0 Å². The third kappa shape index (κ3) is 3.98. The molecule has 2 aromatic carbocycles. The van der Waals surface area contributed by atoms with Gasteiger partial charge in [0.2, 0.25) is 0 Å². The van der Waals surface area contributed by atoms with Crippen molar-refractivity contribution < 1.29 is 14.3 Å². The molecule has 0 aliphatic carbocycles. The number of ether oxygens (including phenoxy) is 2.